The van der Waals surface area contributed by atoms with Gasteiger partial charge in [-0.2, -0.15) is 5.26 Å². The molecule has 0 aliphatic carbocycles. The van der Waals surface area contributed by atoms with E-state index in [1.54, 1.807) is 36.4 Å². The van der Waals surface area contributed by atoms with Gasteiger partial charge in [-0.15, -0.1) is 0 Å². The first-order valence-electron chi connectivity index (χ1n) is 11.1. The maximum Gasteiger partial charge on any atom is 0.258 e. The third-order valence-electron chi connectivity index (χ3n) is 6.19. The van der Waals surface area contributed by atoms with Crippen molar-refractivity contribution in [3.63, 3.8) is 0 Å². The lowest BCUT2D eigenvalue weighted by molar-refractivity contribution is 0.401. The zero-order valence-electron chi connectivity index (χ0n) is 20.4. The average molecular weight is 488 g/mol. The number of nitrogens with one attached hydrogen (secondary N) is 1. The molecule has 5 nitrogen and oxygen atoms in total. The Bertz CT molecular complexity index is 998. The summed E-state index contributed by atoms with van der Waals surface area (Å²) in [5, 5.41) is 12.2. The van der Waals surface area contributed by atoms with Crippen molar-refractivity contribution in [3.05, 3.63) is 53.3 Å². The van der Waals surface area contributed by atoms with Crippen LogP contribution in [0.5, 0.6) is 11.5 Å². The molecule has 0 aliphatic heterocycles. The minimum atomic E-state index is -2.42. The largest absolute Gasteiger partial charge is 0.541 e. The smallest absolute Gasteiger partial charge is 0.258 e. The standard InChI is InChI=1S/C25H34FN3O2SSi/c1-15(2)33(16(3)4,17(5)6)31-22-13-20(30-7)12-21(23(22)26)24(25(28)32)29-19-10-8-18(14-27)9-11-19/h8-13,15-17,24,29H,1-7H3,(H2,28,32). The molecule has 0 bridgehead atoms. The minimum absolute atomic E-state index is 0.0811. The van der Waals surface area contributed by atoms with Crippen LogP contribution in [0.1, 0.15) is 58.7 Å². The van der Waals surface area contributed by atoms with E-state index in [1.807, 2.05) is 0 Å². The molecular formula is C25H34FN3O2SSi. The van der Waals surface area contributed by atoms with Crippen LogP contribution in [0.4, 0.5) is 10.1 Å². The van der Waals surface area contributed by atoms with E-state index in [4.69, 9.17) is 32.4 Å². The Labute approximate surface area is 203 Å². The summed E-state index contributed by atoms with van der Waals surface area (Å²) in [5.41, 5.74) is 8.28. The molecule has 2 rings (SSSR count). The first-order chi connectivity index (χ1) is 15.5. The van der Waals surface area contributed by atoms with Crippen LogP contribution in [-0.4, -0.2) is 20.4 Å². The zero-order chi connectivity index (χ0) is 24.9. The van der Waals surface area contributed by atoms with E-state index < -0.39 is 20.2 Å². The van der Waals surface area contributed by atoms with Gasteiger partial charge in [0.2, 0.25) is 0 Å². The SMILES string of the molecule is COc1cc(O[Si](C(C)C)(C(C)C)C(C)C)c(F)c(C(Nc2ccc(C#N)cc2)C(N)=S)c1. The lowest BCUT2D eigenvalue weighted by Gasteiger charge is -2.42. The topological polar surface area (TPSA) is 80.3 Å². The molecule has 8 heteroatoms. The molecule has 0 aliphatic rings. The van der Waals surface area contributed by atoms with Crippen molar-refractivity contribution in [2.75, 3.05) is 12.4 Å². The molecule has 0 amide bonds. The van der Waals surface area contributed by atoms with Crippen LogP contribution >= 0.6 is 12.2 Å². The van der Waals surface area contributed by atoms with Crippen molar-refractivity contribution in [3.8, 4) is 17.6 Å². The quantitative estimate of drug-likeness (QED) is 0.287. The monoisotopic (exact) mass is 487 g/mol. The highest BCUT2D eigenvalue weighted by atomic mass is 32.1. The molecule has 178 valence electrons. The summed E-state index contributed by atoms with van der Waals surface area (Å²) in [6, 6.07) is 11.3. The van der Waals surface area contributed by atoms with E-state index in [1.165, 1.54) is 7.11 Å². The van der Waals surface area contributed by atoms with Gasteiger partial charge in [-0.05, 0) is 47.0 Å². The lowest BCUT2D eigenvalue weighted by atomic mass is 10.0. The molecule has 3 N–H and O–H groups in total. The highest BCUT2D eigenvalue weighted by Gasteiger charge is 2.47. The number of halogens is 1. The van der Waals surface area contributed by atoms with E-state index in [9.17, 15) is 0 Å². The van der Waals surface area contributed by atoms with Crippen molar-refractivity contribution >= 4 is 31.2 Å². The minimum Gasteiger partial charge on any atom is -0.541 e. The predicted octanol–water partition coefficient (Wildman–Crippen LogP) is 6.70. The van der Waals surface area contributed by atoms with Gasteiger partial charge in [0.15, 0.2) is 5.82 Å². The summed E-state index contributed by atoms with van der Waals surface area (Å²) in [6.45, 7) is 12.9. The van der Waals surface area contributed by atoms with E-state index >= 15 is 4.39 Å². The molecule has 1 unspecified atom stereocenters. The fourth-order valence-corrected chi connectivity index (χ4v) is 10.1. The van der Waals surface area contributed by atoms with Gasteiger partial charge in [-0.3, -0.25) is 0 Å². The molecule has 1 atom stereocenters. The maximum atomic E-state index is 16.0. The van der Waals surface area contributed by atoms with E-state index in [0.717, 1.165) is 0 Å². The van der Waals surface area contributed by atoms with Gasteiger partial charge in [0.05, 0.1) is 18.7 Å². The summed E-state index contributed by atoms with van der Waals surface area (Å²) in [4.78, 5) is 0.0811. The highest BCUT2D eigenvalue weighted by Crippen LogP contribution is 2.44. The summed E-state index contributed by atoms with van der Waals surface area (Å²) in [7, 11) is -0.885. The van der Waals surface area contributed by atoms with E-state index in [-0.39, 0.29) is 32.9 Å². The van der Waals surface area contributed by atoms with Gasteiger partial charge in [0.1, 0.15) is 22.5 Å². The Hall–Kier alpha value is -2.63. The normalized spacial score (nSPS) is 12.5. The van der Waals surface area contributed by atoms with Crippen molar-refractivity contribution in [2.45, 2.75) is 64.2 Å². The molecule has 0 saturated heterocycles. The van der Waals surface area contributed by atoms with Gasteiger partial charge in [0.25, 0.3) is 8.32 Å². The molecule has 0 aromatic heterocycles. The molecule has 0 saturated carbocycles. The molecular weight excluding hydrogens is 453 g/mol. The average Bonchev–Trinajstić information content (AvgIpc) is 2.76. The number of thiocarbonyl (C=S) groups is 1. The Morgan fingerprint density at radius 2 is 1.61 bits per heavy atom. The van der Waals surface area contributed by atoms with Crippen LogP contribution in [0.3, 0.4) is 0 Å². The summed E-state index contributed by atoms with van der Waals surface area (Å²) in [5.74, 6) is 0.118. The molecule has 2 aromatic rings. The Kier molecular flexibility index (Phi) is 8.87. The number of nitrogens with two attached hydrogens (primary N) is 1. The number of hydrogen-bond donors (Lipinski definition) is 2. The third-order valence-corrected chi connectivity index (χ3v) is 12.4. The molecule has 0 fully saturated rings. The molecule has 0 spiro atoms. The molecule has 0 radical (unpaired) electrons. The van der Waals surface area contributed by atoms with Crippen LogP contribution in [0.2, 0.25) is 16.6 Å². The van der Waals surface area contributed by atoms with Crippen molar-refractivity contribution in [1.82, 2.24) is 0 Å². The number of methoxy groups -OCH3 is 1. The first kappa shape index (κ1) is 26.6. The second-order valence-corrected chi connectivity index (χ2v) is 15.0. The van der Waals surface area contributed by atoms with Crippen molar-refractivity contribution in [2.24, 2.45) is 5.73 Å². The summed E-state index contributed by atoms with van der Waals surface area (Å²) >= 11 is 5.29. The number of rotatable bonds is 10. The van der Waals surface area contributed by atoms with Gasteiger partial charge in [-0.1, -0.05) is 53.8 Å². The van der Waals surface area contributed by atoms with Crippen LogP contribution in [0.25, 0.3) is 0 Å². The number of hydrogen-bond acceptors (Lipinski definition) is 5. The predicted molar refractivity (Wildman–Crippen MR) is 139 cm³/mol. The Morgan fingerprint density at radius 1 is 1.06 bits per heavy atom. The fourth-order valence-electron chi connectivity index (χ4n) is 4.65. The number of nitriles is 1. The number of benzene rings is 2. The maximum absolute atomic E-state index is 16.0. The summed E-state index contributed by atoms with van der Waals surface area (Å²) in [6.07, 6.45) is 0. The highest BCUT2D eigenvalue weighted by molar-refractivity contribution is 7.80. The van der Waals surface area contributed by atoms with E-state index in [2.05, 4.69) is 52.9 Å². The molecule has 33 heavy (non-hydrogen) atoms. The Balaban J connectivity index is 2.59. The van der Waals surface area contributed by atoms with Crippen LogP contribution in [-0.2, 0) is 0 Å². The van der Waals surface area contributed by atoms with Crippen LogP contribution < -0.4 is 20.2 Å². The summed E-state index contributed by atoms with van der Waals surface area (Å²) < 4.78 is 28.1. The number of anilines is 1. The van der Waals surface area contributed by atoms with Gasteiger partial charge < -0.3 is 20.2 Å². The van der Waals surface area contributed by atoms with Crippen molar-refractivity contribution < 1.29 is 13.6 Å². The first-order valence-corrected chi connectivity index (χ1v) is 13.6. The lowest BCUT2D eigenvalue weighted by Crippen LogP contribution is -2.51. The second-order valence-electron chi connectivity index (χ2n) is 9.12. The molecule has 2 aromatic carbocycles. The van der Waals surface area contributed by atoms with Crippen LogP contribution in [0, 0.1) is 17.1 Å². The van der Waals surface area contributed by atoms with Gasteiger partial charge in [-0.25, -0.2) is 4.39 Å². The van der Waals surface area contributed by atoms with Crippen molar-refractivity contribution in [1.29, 1.82) is 5.26 Å². The Morgan fingerprint density at radius 3 is 2.03 bits per heavy atom. The van der Waals surface area contributed by atoms with Gasteiger partial charge >= 0.3 is 0 Å². The molecule has 0 heterocycles. The zero-order valence-corrected chi connectivity index (χ0v) is 22.2. The number of ether oxygens (including phenoxy) is 1. The van der Waals surface area contributed by atoms with Gasteiger partial charge in [0, 0.05) is 17.3 Å². The fraction of sp³-hybridized carbons (Fsp3) is 0.440. The van der Waals surface area contributed by atoms with Crippen LogP contribution in [0.15, 0.2) is 36.4 Å². The second kappa shape index (κ2) is 11.0. The number of nitrogens with zero attached hydrogens (tertiary/aromatic N) is 1. The third kappa shape index (κ3) is 5.65. The van der Waals surface area contributed by atoms with E-state index in [0.29, 0.717) is 17.0 Å².